The van der Waals surface area contributed by atoms with Crippen molar-refractivity contribution < 1.29 is 4.79 Å². The lowest BCUT2D eigenvalue weighted by molar-refractivity contribution is -0.114. The van der Waals surface area contributed by atoms with E-state index in [1.54, 1.807) is 6.08 Å². The fourth-order valence-electron chi connectivity index (χ4n) is 4.13. The van der Waals surface area contributed by atoms with Gasteiger partial charge in [-0.1, -0.05) is 39.3 Å². The van der Waals surface area contributed by atoms with E-state index in [1.165, 1.54) is 22.3 Å². The lowest BCUT2D eigenvalue weighted by atomic mass is 9.98. The number of amidine groups is 2. The number of unbranched alkanes of at least 4 members (excludes halogenated alkanes) is 1. The smallest absolute Gasteiger partial charge is 0.283 e. The highest BCUT2D eigenvalue weighted by Crippen LogP contribution is 2.31. The predicted molar refractivity (Wildman–Crippen MR) is 138 cm³/mol. The molecular weight excluding hydrogens is 430 g/mol. The van der Waals surface area contributed by atoms with Gasteiger partial charge in [-0.25, -0.2) is 0 Å². The average molecular weight is 462 g/mol. The van der Waals surface area contributed by atoms with E-state index in [-0.39, 0.29) is 17.3 Å². The molecule has 4 rings (SSSR count). The van der Waals surface area contributed by atoms with E-state index in [4.69, 9.17) is 5.41 Å². The van der Waals surface area contributed by atoms with Crippen LogP contribution >= 0.6 is 11.8 Å². The lowest BCUT2D eigenvalue weighted by Crippen LogP contribution is -2.35. The Morgan fingerprint density at radius 2 is 1.91 bits per heavy atom. The van der Waals surface area contributed by atoms with Crippen molar-refractivity contribution in [3.63, 3.8) is 0 Å². The van der Waals surface area contributed by atoms with Crippen LogP contribution in [0, 0.1) is 19.3 Å². The number of hydrogen-bond acceptors (Lipinski definition) is 4. The summed E-state index contributed by atoms with van der Waals surface area (Å²) >= 11 is 1.39. The summed E-state index contributed by atoms with van der Waals surface area (Å²) in [6.07, 6.45) is 5.84. The largest absolute Gasteiger partial charge is 0.318 e. The molecule has 6 nitrogen and oxygen atoms in total. The van der Waals surface area contributed by atoms with Gasteiger partial charge in [-0.3, -0.25) is 10.2 Å². The molecule has 1 aromatic carbocycles. The Bertz CT molecular complexity index is 1190. The molecule has 7 heteroatoms. The van der Waals surface area contributed by atoms with Gasteiger partial charge in [0.1, 0.15) is 5.04 Å². The summed E-state index contributed by atoms with van der Waals surface area (Å²) in [6, 6.07) is 10.7. The first-order valence-electron chi connectivity index (χ1n) is 11.6. The highest BCUT2D eigenvalue weighted by molar-refractivity contribution is 8.26. The first-order valence-corrected chi connectivity index (χ1v) is 12.4. The third-order valence-corrected chi connectivity index (χ3v) is 7.31. The maximum atomic E-state index is 12.8. The van der Waals surface area contributed by atoms with Crippen molar-refractivity contribution in [1.82, 2.24) is 9.58 Å². The molecule has 2 aliphatic rings. The Labute approximate surface area is 200 Å². The SMILES string of the molecule is CCCCC1=NN2C(=N)/C(=C/c3cc(C)n(-c4ccc([C@@H](C)CC)cc4)c3C)C(=O)N=C2S1. The monoisotopic (exact) mass is 461 g/mol. The van der Waals surface area contributed by atoms with E-state index < -0.39 is 0 Å². The number of fused-ring (bicyclic) bond motifs is 1. The van der Waals surface area contributed by atoms with E-state index in [1.807, 2.05) is 6.92 Å². The number of hydrazone groups is 1. The molecule has 172 valence electrons. The number of rotatable bonds is 7. The van der Waals surface area contributed by atoms with E-state index >= 15 is 0 Å². The van der Waals surface area contributed by atoms with Crippen LogP contribution in [0.2, 0.25) is 0 Å². The van der Waals surface area contributed by atoms with Crippen LogP contribution in [0.5, 0.6) is 0 Å². The Morgan fingerprint density at radius 1 is 1.18 bits per heavy atom. The molecule has 1 aromatic heterocycles. The van der Waals surface area contributed by atoms with Crippen molar-refractivity contribution in [2.75, 3.05) is 0 Å². The quantitative estimate of drug-likeness (QED) is 0.484. The van der Waals surface area contributed by atoms with Gasteiger partial charge in [0, 0.05) is 17.1 Å². The number of nitrogens with one attached hydrogen (secondary N) is 1. The fraction of sp³-hybridized carbons (Fsp3) is 0.385. The van der Waals surface area contributed by atoms with Crippen LogP contribution < -0.4 is 0 Å². The van der Waals surface area contributed by atoms with Crippen molar-refractivity contribution in [3.05, 3.63) is 58.4 Å². The van der Waals surface area contributed by atoms with Gasteiger partial charge in [0.05, 0.1) is 5.57 Å². The molecule has 1 amide bonds. The normalized spacial score (nSPS) is 18.0. The van der Waals surface area contributed by atoms with Crippen molar-refractivity contribution in [2.45, 2.75) is 66.2 Å². The number of aliphatic imine (C=N–C) groups is 1. The molecule has 1 atom stereocenters. The van der Waals surface area contributed by atoms with Gasteiger partial charge in [0.25, 0.3) is 5.91 Å². The van der Waals surface area contributed by atoms with Gasteiger partial charge in [-0.05, 0) is 86.2 Å². The van der Waals surface area contributed by atoms with E-state index in [0.29, 0.717) is 11.1 Å². The molecule has 2 aliphatic heterocycles. The summed E-state index contributed by atoms with van der Waals surface area (Å²) in [5.74, 6) is 0.244. The van der Waals surface area contributed by atoms with Crippen molar-refractivity contribution in [2.24, 2.45) is 10.1 Å². The number of benzene rings is 1. The summed E-state index contributed by atoms with van der Waals surface area (Å²) in [5.41, 5.74) is 5.71. The average Bonchev–Trinajstić information content (AvgIpc) is 3.34. The van der Waals surface area contributed by atoms with Gasteiger partial charge in [-0.2, -0.15) is 15.1 Å². The number of aryl methyl sites for hydroxylation is 1. The van der Waals surface area contributed by atoms with Crippen LogP contribution in [0.4, 0.5) is 0 Å². The number of thioether (sulfide) groups is 1. The Morgan fingerprint density at radius 3 is 2.58 bits per heavy atom. The highest BCUT2D eigenvalue weighted by Gasteiger charge is 2.35. The molecule has 0 unspecified atom stereocenters. The first-order chi connectivity index (χ1) is 15.8. The highest BCUT2D eigenvalue weighted by atomic mass is 32.2. The van der Waals surface area contributed by atoms with Crippen molar-refractivity contribution >= 4 is 39.8 Å². The lowest BCUT2D eigenvalue weighted by Gasteiger charge is -2.20. The second-order valence-electron chi connectivity index (χ2n) is 8.68. The molecule has 0 radical (unpaired) electrons. The molecule has 0 fully saturated rings. The topological polar surface area (TPSA) is 73.8 Å². The van der Waals surface area contributed by atoms with E-state index in [9.17, 15) is 4.79 Å². The standard InChI is InChI=1S/C26H31N5OS/c1-6-8-9-23-29-31-24(27)22(25(32)28-26(31)33-23)15-20-14-17(4)30(18(20)5)21-12-10-19(11-13-21)16(3)7-2/h10-16,27H,6-9H2,1-5H3/b22-15-,27-24?/t16-/m0/s1. The van der Waals surface area contributed by atoms with Crippen LogP contribution in [0.25, 0.3) is 11.8 Å². The zero-order chi connectivity index (χ0) is 23.7. The van der Waals surface area contributed by atoms with Crippen molar-refractivity contribution in [1.29, 1.82) is 5.41 Å². The Hall–Kier alpha value is -2.93. The molecule has 0 saturated carbocycles. The van der Waals surface area contributed by atoms with Crippen LogP contribution in [0.3, 0.4) is 0 Å². The van der Waals surface area contributed by atoms with Gasteiger partial charge in [0.2, 0.25) is 5.17 Å². The number of carbonyl (C=O) groups excluding carboxylic acids is 1. The molecule has 3 heterocycles. The van der Waals surface area contributed by atoms with Crippen LogP contribution in [0.15, 0.2) is 46.0 Å². The maximum Gasteiger partial charge on any atom is 0.283 e. The molecule has 0 aliphatic carbocycles. The molecular formula is C26H31N5OS. The first kappa shape index (κ1) is 23.2. The number of hydrogen-bond donors (Lipinski definition) is 1. The molecule has 0 bridgehead atoms. The van der Waals surface area contributed by atoms with Gasteiger partial charge < -0.3 is 4.57 Å². The fourth-order valence-corrected chi connectivity index (χ4v) is 5.06. The van der Waals surface area contributed by atoms with Crippen LogP contribution in [-0.2, 0) is 4.79 Å². The summed E-state index contributed by atoms with van der Waals surface area (Å²) in [5, 5.41) is 16.1. The van der Waals surface area contributed by atoms with Gasteiger partial charge in [-0.15, -0.1) is 0 Å². The Kier molecular flexibility index (Phi) is 6.70. The van der Waals surface area contributed by atoms with Gasteiger partial charge in [0.15, 0.2) is 5.84 Å². The summed E-state index contributed by atoms with van der Waals surface area (Å²) < 4.78 is 2.19. The third kappa shape index (κ3) is 4.47. The zero-order valence-corrected chi connectivity index (χ0v) is 20.8. The molecule has 0 spiro atoms. The van der Waals surface area contributed by atoms with Crippen LogP contribution in [0.1, 0.15) is 74.9 Å². The second kappa shape index (κ2) is 9.51. The minimum atomic E-state index is -0.381. The van der Waals surface area contributed by atoms with E-state index in [2.05, 4.69) is 72.7 Å². The number of amides is 1. The minimum absolute atomic E-state index is 0.0895. The number of aromatic nitrogens is 1. The third-order valence-electron chi connectivity index (χ3n) is 6.34. The number of carbonyl (C=O) groups is 1. The Balaban J connectivity index is 1.65. The molecule has 0 saturated heterocycles. The van der Waals surface area contributed by atoms with Gasteiger partial charge >= 0.3 is 0 Å². The summed E-state index contributed by atoms with van der Waals surface area (Å²) in [7, 11) is 0. The predicted octanol–water partition coefficient (Wildman–Crippen LogP) is 6.42. The van der Waals surface area contributed by atoms with E-state index in [0.717, 1.165) is 53.4 Å². The molecule has 1 N–H and O–H groups in total. The van der Waals surface area contributed by atoms with Crippen molar-refractivity contribution in [3.8, 4) is 5.69 Å². The second-order valence-corrected chi connectivity index (χ2v) is 9.72. The molecule has 2 aromatic rings. The van der Waals surface area contributed by atoms with Crippen LogP contribution in [-0.4, -0.2) is 31.5 Å². The minimum Gasteiger partial charge on any atom is -0.318 e. The number of nitrogens with zero attached hydrogens (tertiary/aromatic N) is 4. The summed E-state index contributed by atoms with van der Waals surface area (Å²) in [6.45, 7) is 10.7. The zero-order valence-electron chi connectivity index (χ0n) is 20.0. The summed E-state index contributed by atoms with van der Waals surface area (Å²) in [4.78, 5) is 17.0. The molecule has 33 heavy (non-hydrogen) atoms. The maximum absolute atomic E-state index is 12.8.